The van der Waals surface area contributed by atoms with E-state index in [0.29, 0.717) is 5.56 Å². The van der Waals surface area contributed by atoms with Gasteiger partial charge in [0, 0.05) is 0 Å². The minimum absolute atomic E-state index is 0.172. The number of benzene rings is 1. The molecule has 2 atom stereocenters. The molecule has 0 aliphatic rings. The molecule has 1 rings (SSSR count). The predicted octanol–water partition coefficient (Wildman–Crippen LogP) is -2.11. The molecule has 2 unspecified atom stereocenters. The van der Waals surface area contributed by atoms with Crippen molar-refractivity contribution in [2.45, 2.75) is 12.1 Å². The number of hydrogen-bond acceptors (Lipinski definition) is 8. The van der Waals surface area contributed by atoms with E-state index in [4.69, 9.17) is 27.4 Å². The molecule has 0 aromatic heterocycles. The first-order valence-electron chi connectivity index (χ1n) is 7.81. The zero-order valence-electron chi connectivity index (χ0n) is 14.6. The number of amides is 2. The van der Waals surface area contributed by atoms with Crippen molar-refractivity contribution in [2.75, 3.05) is 18.1 Å². The topological polar surface area (TPSA) is 199 Å². The van der Waals surface area contributed by atoms with Crippen molar-refractivity contribution in [3.8, 4) is 0 Å². The molecule has 0 saturated heterocycles. The van der Waals surface area contributed by atoms with Crippen LogP contribution in [0, 0.1) is 0 Å². The summed E-state index contributed by atoms with van der Waals surface area (Å²) in [5.41, 5.74) is 16.4. The van der Waals surface area contributed by atoms with E-state index in [1.54, 1.807) is 24.3 Å². The second kappa shape index (κ2) is 12.0. The Morgan fingerprint density at radius 3 is 1.82 bits per heavy atom. The van der Waals surface area contributed by atoms with Crippen molar-refractivity contribution < 1.29 is 29.4 Å². The monoisotopic (exact) mass is 492 g/mol. The van der Waals surface area contributed by atoms with E-state index in [9.17, 15) is 19.2 Å². The third-order valence-electron chi connectivity index (χ3n) is 3.14. The van der Waals surface area contributed by atoms with Crippen molar-refractivity contribution >= 4 is 60.5 Å². The molecule has 0 spiro atoms. The van der Waals surface area contributed by atoms with Gasteiger partial charge in [0.2, 0.25) is 0 Å². The SMILES string of the molecule is NC(=O)CNC(=O)c1ccc([As](SCC(N)C(=O)O)SCC(N)C(=O)O)cc1. The summed E-state index contributed by atoms with van der Waals surface area (Å²) < 4.78 is 0.879. The molecule has 0 aliphatic heterocycles. The summed E-state index contributed by atoms with van der Waals surface area (Å²) in [6.45, 7) is -0.274. The quantitative estimate of drug-likeness (QED) is 0.176. The first-order chi connectivity index (χ1) is 13.1. The van der Waals surface area contributed by atoms with Gasteiger partial charge in [-0.25, -0.2) is 0 Å². The van der Waals surface area contributed by atoms with E-state index < -0.39 is 48.2 Å². The van der Waals surface area contributed by atoms with Crippen LogP contribution in [0.5, 0.6) is 0 Å². The van der Waals surface area contributed by atoms with Gasteiger partial charge in [-0.1, -0.05) is 0 Å². The zero-order valence-corrected chi connectivity index (χ0v) is 18.1. The van der Waals surface area contributed by atoms with Crippen LogP contribution in [0.4, 0.5) is 0 Å². The second-order valence-electron chi connectivity index (χ2n) is 5.43. The molecular weight excluding hydrogens is 471 g/mol. The van der Waals surface area contributed by atoms with Crippen molar-refractivity contribution in [2.24, 2.45) is 17.2 Å². The van der Waals surface area contributed by atoms with Crippen LogP contribution in [-0.2, 0) is 14.4 Å². The van der Waals surface area contributed by atoms with Crippen LogP contribution < -0.4 is 26.9 Å². The number of primary amides is 1. The molecule has 0 aliphatic carbocycles. The van der Waals surface area contributed by atoms with E-state index in [2.05, 4.69) is 5.32 Å². The molecule has 2 amide bonds. The molecule has 0 fully saturated rings. The fourth-order valence-corrected chi connectivity index (χ4v) is 14.1. The average Bonchev–Trinajstić information content (AvgIpc) is 2.65. The molecule has 0 bridgehead atoms. The second-order valence-corrected chi connectivity index (χ2v) is 17.0. The number of nitrogens with one attached hydrogen (secondary N) is 1. The standard InChI is InChI=1S/C15H21AsN4O6S2/c17-10(14(23)24)6-27-16(28-7-11(18)15(25)26)9-3-1-8(2-4-9)13(22)20-5-12(19)21/h1-4,10-11H,5-7,17-18H2,(H2,19,21)(H,20,22)(H,23,24)(H,25,26). The number of carboxylic acids is 2. The number of carboxylic acid groups (broad SMARTS) is 2. The van der Waals surface area contributed by atoms with Gasteiger partial charge in [-0.15, -0.1) is 0 Å². The molecule has 10 nitrogen and oxygen atoms in total. The molecule has 1 aromatic carbocycles. The molecule has 0 radical (unpaired) electrons. The predicted molar refractivity (Wildman–Crippen MR) is 109 cm³/mol. The number of nitrogens with two attached hydrogens (primary N) is 3. The fourth-order valence-electron chi connectivity index (χ4n) is 1.63. The van der Waals surface area contributed by atoms with Gasteiger partial charge in [0.05, 0.1) is 0 Å². The molecule has 9 N–H and O–H groups in total. The molecule has 1 aromatic rings. The summed E-state index contributed by atoms with van der Waals surface area (Å²) >= 11 is -2.01. The van der Waals surface area contributed by atoms with Gasteiger partial charge in [-0.3, -0.25) is 0 Å². The average molecular weight is 492 g/mol. The number of aliphatic carboxylic acids is 2. The van der Waals surface area contributed by atoms with E-state index in [1.807, 2.05) is 0 Å². The van der Waals surface area contributed by atoms with Crippen LogP contribution in [0.25, 0.3) is 0 Å². The third-order valence-corrected chi connectivity index (χ3v) is 16.4. The van der Waals surface area contributed by atoms with Crippen molar-refractivity contribution in [3.63, 3.8) is 0 Å². The molecule has 28 heavy (non-hydrogen) atoms. The number of rotatable bonds is 12. The Labute approximate surface area is 172 Å². The van der Waals surface area contributed by atoms with Crippen LogP contribution >= 0.6 is 20.0 Å². The van der Waals surface area contributed by atoms with E-state index in [1.165, 1.54) is 20.0 Å². The van der Waals surface area contributed by atoms with Crippen LogP contribution in [0.2, 0.25) is 0 Å². The Balaban J connectivity index is 2.86. The van der Waals surface area contributed by atoms with E-state index in [-0.39, 0.29) is 18.1 Å². The minimum atomic E-state index is -2.01. The van der Waals surface area contributed by atoms with E-state index >= 15 is 0 Å². The first kappa shape index (κ1) is 24.3. The maximum absolute atomic E-state index is 11.9. The number of hydrogen-bond donors (Lipinski definition) is 6. The summed E-state index contributed by atoms with van der Waals surface area (Å²) in [5.74, 6) is -3.00. The van der Waals surface area contributed by atoms with Gasteiger partial charge in [0.15, 0.2) is 0 Å². The Kier molecular flexibility index (Phi) is 10.4. The van der Waals surface area contributed by atoms with Crippen molar-refractivity contribution in [1.29, 1.82) is 0 Å². The van der Waals surface area contributed by atoms with Gasteiger partial charge in [-0.2, -0.15) is 0 Å². The summed E-state index contributed by atoms with van der Waals surface area (Å²) in [7, 11) is 2.77. The molecule has 154 valence electrons. The van der Waals surface area contributed by atoms with E-state index in [0.717, 1.165) is 4.35 Å². The number of carbonyl (C=O) groups is 4. The third kappa shape index (κ3) is 8.53. The van der Waals surface area contributed by atoms with Gasteiger partial charge in [0.1, 0.15) is 0 Å². The van der Waals surface area contributed by atoms with Crippen molar-refractivity contribution in [1.82, 2.24) is 5.32 Å². The van der Waals surface area contributed by atoms with Crippen LogP contribution in [0.3, 0.4) is 0 Å². The Hall–Kier alpha value is -1.72. The molecule has 0 saturated carbocycles. The van der Waals surface area contributed by atoms with Crippen LogP contribution in [0.1, 0.15) is 10.4 Å². The van der Waals surface area contributed by atoms with Crippen LogP contribution in [-0.4, -0.2) is 76.4 Å². The molecular formula is C15H21AsN4O6S2. The Morgan fingerprint density at radius 2 is 1.43 bits per heavy atom. The summed E-state index contributed by atoms with van der Waals surface area (Å²) in [4.78, 5) is 44.5. The summed E-state index contributed by atoms with van der Waals surface area (Å²) in [5, 5.41) is 20.3. The molecule has 0 heterocycles. The summed E-state index contributed by atoms with van der Waals surface area (Å²) in [6, 6.07) is 4.52. The molecule has 13 heteroatoms. The van der Waals surface area contributed by atoms with Crippen molar-refractivity contribution in [3.05, 3.63) is 29.8 Å². The van der Waals surface area contributed by atoms with Gasteiger partial charge in [0.25, 0.3) is 0 Å². The van der Waals surface area contributed by atoms with Gasteiger partial charge < -0.3 is 0 Å². The van der Waals surface area contributed by atoms with Crippen LogP contribution in [0.15, 0.2) is 24.3 Å². The zero-order chi connectivity index (χ0) is 21.3. The van der Waals surface area contributed by atoms with Gasteiger partial charge in [-0.05, 0) is 0 Å². The number of carbonyl (C=O) groups excluding carboxylic acids is 2. The summed E-state index contributed by atoms with van der Waals surface area (Å²) in [6.07, 6.45) is 0. The first-order valence-corrected chi connectivity index (χ1v) is 15.2. The fraction of sp³-hybridized carbons (Fsp3) is 0.333. The van der Waals surface area contributed by atoms with Gasteiger partial charge >= 0.3 is 172 Å². The normalized spacial score (nSPS) is 13.9. The maximum atomic E-state index is 11.9. The Bertz CT molecular complexity index is 697. The Morgan fingerprint density at radius 1 is 0.964 bits per heavy atom.